The Hall–Kier alpha value is -0.380. The third-order valence-electron chi connectivity index (χ3n) is 4.42. The van der Waals surface area contributed by atoms with E-state index < -0.39 is 6.10 Å². The van der Waals surface area contributed by atoms with E-state index in [0.717, 1.165) is 0 Å². The molecule has 1 N–H and O–H groups in total. The van der Waals surface area contributed by atoms with Crippen LogP contribution in [0.3, 0.4) is 0 Å². The molecule has 76 valence electrons. The molecule has 3 fully saturated rings. The van der Waals surface area contributed by atoms with Crippen molar-refractivity contribution in [2.24, 2.45) is 23.7 Å². The first-order chi connectivity index (χ1) is 6.84. The minimum atomic E-state index is -0.404. The maximum atomic E-state index is 10.1. The molecule has 0 spiro atoms. The molecule has 0 aromatic carbocycles. The van der Waals surface area contributed by atoms with Gasteiger partial charge in [-0.05, 0) is 24.2 Å². The Labute approximate surface area is 82.7 Å². The van der Waals surface area contributed by atoms with Gasteiger partial charge in [-0.1, -0.05) is 12.2 Å². The molecule has 0 aromatic heterocycles. The van der Waals surface area contributed by atoms with Gasteiger partial charge in [-0.25, -0.2) is 0 Å². The van der Waals surface area contributed by atoms with Gasteiger partial charge in [-0.15, -0.1) is 0 Å². The fraction of sp³-hybridized carbons (Fsp3) is 0.818. The lowest BCUT2D eigenvalue weighted by Crippen LogP contribution is -2.48. The van der Waals surface area contributed by atoms with Crippen molar-refractivity contribution >= 4 is 0 Å². The summed E-state index contributed by atoms with van der Waals surface area (Å²) in [4.78, 5) is 0. The van der Waals surface area contributed by atoms with Crippen LogP contribution in [0.4, 0.5) is 0 Å². The average Bonchev–Trinajstić information content (AvgIpc) is 2.89. The third kappa shape index (κ3) is 0.757. The van der Waals surface area contributed by atoms with Crippen LogP contribution in [0.5, 0.6) is 0 Å². The highest BCUT2D eigenvalue weighted by molar-refractivity contribution is 5.18. The first-order valence-corrected chi connectivity index (χ1v) is 5.48. The van der Waals surface area contributed by atoms with Crippen molar-refractivity contribution in [3.63, 3.8) is 0 Å². The van der Waals surface area contributed by atoms with E-state index >= 15 is 0 Å². The van der Waals surface area contributed by atoms with Crippen LogP contribution in [0.25, 0.3) is 0 Å². The van der Waals surface area contributed by atoms with E-state index in [9.17, 15) is 5.11 Å². The molecule has 0 amide bonds. The first-order valence-electron chi connectivity index (χ1n) is 5.48. The Morgan fingerprint density at radius 3 is 2.79 bits per heavy atom. The second kappa shape index (κ2) is 2.40. The fourth-order valence-corrected chi connectivity index (χ4v) is 3.91. The van der Waals surface area contributed by atoms with Gasteiger partial charge in [0.25, 0.3) is 0 Å². The Bertz CT molecular complexity index is 289. The summed E-state index contributed by atoms with van der Waals surface area (Å²) < 4.78 is 11.1. The minimum Gasteiger partial charge on any atom is -0.388 e. The number of allylic oxidation sites excluding steroid dienone is 2. The number of rotatable bonds is 0. The SMILES string of the molecule is O[C@@H]1[C@@H]2OC[C@@H](O2)[C@@H]2[C@H]1[C@@H]1C=C[C@H]2C1. The molecule has 4 rings (SSSR count). The fourth-order valence-electron chi connectivity index (χ4n) is 3.91. The maximum absolute atomic E-state index is 10.1. The number of aliphatic hydroxyl groups is 1. The summed E-state index contributed by atoms with van der Waals surface area (Å²) in [7, 11) is 0. The third-order valence-corrected chi connectivity index (χ3v) is 4.42. The van der Waals surface area contributed by atoms with Gasteiger partial charge in [0, 0.05) is 5.92 Å². The van der Waals surface area contributed by atoms with Gasteiger partial charge >= 0.3 is 0 Å². The lowest BCUT2D eigenvalue weighted by atomic mass is 9.75. The summed E-state index contributed by atoms with van der Waals surface area (Å²) in [6.07, 6.45) is 5.31. The van der Waals surface area contributed by atoms with Crippen molar-refractivity contribution in [3.8, 4) is 0 Å². The zero-order chi connectivity index (χ0) is 9.28. The second-order valence-electron chi connectivity index (χ2n) is 4.97. The van der Waals surface area contributed by atoms with Gasteiger partial charge in [-0.2, -0.15) is 0 Å². The Balaban J connectivity index is 1.78. The molecule has 2 aliphatic heterocycles. The maximum Gasteiger partial charge on any atom is 0.184 e. The van der Waals surface area contributed by atoms with Gasteiger partial charge in [0.15, 0.2) is 6.29 Å². The molecule has 0 unspecified atom stereocenters. The lowest BCUT2D eigenvalue weighted by Gasteiger charge is -2.39. The standard InChI is InChI=1S/C11H14O3/c12-10-9-6-2-1-5(3-6)8(9)7-4-13-11(10)14-7/h1-2,5-12H,3-4H2/t5-,6+,7+,8+,9+,10-,11+/m0/s1. The first kappa shape index (κ1) is 7.85. The normalized spacial score (nSPS) is 63.4. The summed E-state index contributed by atoms with van der Waals surface area (Å²) in [6, 6.07) is 0. The smallest absolute Gasteiger partial charge is 0.184 e. The molecule has 3 heteroatoms. The van der Waals surface area contributed by atoms with Crippen molar-refractivity contribution < 1.29 is 14.6 Å². The van der Waals surface area contributed by atoms with Crippen LogP contribution >= 0.6 is 0 Å². The molecule has 14 heavy (non-hydrogen) atoms. The number of aliphatic hydroxyl groups excluding tert-OH is 1. The van der Waals surface area contributed by atoms with E-state index in [0.29, 0.717) is 30.3 Å². The molecule has 4 aliphatic rings. The van der Waals surface area contributed by atoms with Crippen molar-refractivity contribution in [2.45, 2.75) is 24.9 Å². The number of hydrogen-bond acceptors (Lipinski definition) is 3. The second-order valence-corrected chi connectivity index (χ2v) is 4.97. The highest BCUT2D eigenvalue weighted by atomic mass is 16.7. The van der Waals surface area contributed by atoms with E-state index in [4.69, 9.17) is 9.47 Å². The van der Waals surface area contributed by atoms with Gasteiger partial charge in [-0.3, -0.25) is 0 Å². The molecule has 3 nitrogen and oxygen atoms in total. The van der Waals surface area contributed by atoms with Crippen LogP contribution in [-0.2, 0) is 9.47 Å². The molecule has 0 radical (unpaired) electrons. The molecule has 2 heterocycles. The molecular formula is C11H14O3. The summed E-state index contributed by atoms with van der Waals surface area (Å²) in [5.41, 5.74) is 0. The highest BCUT2D eigenvalue weighted by Crippen LogP contribution is 2.55. The van der Waals surface area contributed by atoms with Crippen LogP contribution in [0.2, 0.25) is 0 Å². The Morgan fingerprint density at radius 1 is 1.14 bits per heavy atom. The predicted octanol–water partition coefficient (Wildman–Crippen LogP) is 0.541. The van der Waals surface area contributed by atoms with Crippen LogP contribution in [-0.4, -0.2) is 30.2 Å². The minimum absolute atomic E-state index is 0.244. The number of ether oxygens (including phenoxy) is 2. The summed E-state index contributed by atoms with van der Waals surface area (Å²) >= 11 is 0. The van der Waals surface area contributed by atoms with Crippen molar-refractivity contribution in [1.82, 2.24) is 0 Å². The molecule has 0 aromatic rings. The lowest BCUT2D eigenvalue weighted by molar-refractivity contribution is -0.195. The number of fused-ring (bicyclic) bond motifs is 8. The molecule has 7 atom stereocenters. The Kier molecular flexibility index (Phi) is 1.35. The monoisotopic (exact) mass is 194 g/mol. The Morgan fingerprint density at radius 2 is 1.93 bits per heavy atom. The molecular weight excluding hydrogens is 180 g/mol. The van der Waals surface area contributed by atoms with Gasteiger partial charge in [0.2, 0.25) is 0 Å². The predicted molar refractivity (Wildman–Crippen MR) is 48.3 cm³/mol. The molecule has 4 bridgehead atoms. The van der Waals surface area contributed by atoms with E-state index in [1.807, 2.05) is 0 Å². The zero-order valence-electron chi connectivity index (χ0n) is 7.87. The van der Waals surface area contributed by atoms with Crippen molar-refractivity contribution in [1.29, 1.82) is 0 Å². The summed E-state index contributed by atoms with van der Waals surface area (Å²) in [5.74, 6) is 2.12. The van der Waals surface area contributed by atoms with E-state index in [1.54, 1.807) is 0 Å². The molecule has 2 aliphatic carbocycles. The van der Waals surface area contributed by atoms with Gasteiger partial charge < -0.3 is 14.6 Å². The van der Waals surface area contributed by atoms with Crippen LogP contribution in [0, 0.1) is 23.7 Å². The quantitative estimate of drug-likeness (QED) is 0.572. The summed E-state index contributed by atoms with van der Waals surface area (Å²) in [5, 5.41) is 10.1. The van der Waals surface area contributed by atoms with Gasteiger partial charge in [0.1, 0.15) is 6.10 Å². The van der Waals surface area contributed by atoms with Crippen LogP contribution in [0.15, 0.2) is 12.2 Å². The van der Waals surface area contributed by atoms with Crippen LogP contribution < -0.4 is 0 Å². The van der Waals surface area contributed by atoms with E-state index in [2.05, 4.69) is 12.2 Å². The summed E-state index contributed by atoms with van der Waals surface area (Å²) in [6.45, 7) is 0.681. The zero-order valence-corrected chi connectivity index (χ0v) is 7.87. The molecule has 1 saturated carbocycles. The largest absolute Gasteiger partial charge is 0.388 e. The highest BCUT2D eigenvalue weighted by Gasteiger charge is 2.59. The molecule has 2 saturated heterocycles. The topological polar surface area (TPSA) is 38.7 Å². The van der Waals surface area contributed by atoms with Crippen LogP contribution in [0.1, 0.15) is 6.42 Å². The van der Waals surface area contributed by atoms with Crippen molar-refractivity contribution in [2.75, 3.05) is 6.61 Å². The van der Waals surface area contributed by atoms with E-state index in [-0.39, 0.29) is 12.4 Å². The average molecular weight is 194 g/mol. The number of hydrogen-bond donors (Lipinski definition) is 1. The van der Waals surface area contributed by atoms with Crippen molar-refractivity contribution in [3.05, 3.63) is 12.2 Å². The van der Waals surface area contributed by atoms with E-state index in [1.165, 1.54) is 6.42 Å². The van der Waals surface area contributed by atoms with Gasteiger partial charge in [0.05, 0.1) is 12.7 Å².